The molecule has 2 rings (SSSR count). The molecule has 116 valence electrons. The molecule has 9 heteroatoms. The lowest BCUT2D eigenvalue weighted by atomic mass is 10.4. The van der Waals surface area contributed by atoms with E-state index in [0.717, 1.165) is 16.2 Å². The molecule has 0 amide bonds. The third-order valence-electron chi connectivity index (χ3n) is 2.69. The van der Waals surface area contributed by atoms with Crippen LogP contribution in [0.25, 0.3) is 0 Å². The number of hydrogen-bond donors (Lipinski definition) is 3. The van der Waals surface area contributed by atoms with E-state index in [9.17, 15) is 13.2 Å². The monoisotopic (exact) mass is 347 g/mol. The van der Waals surface area contributed by atoms with Gasteiger partial charge in [0, 0.05) is 28.5 Å². The van der Waals surface area contributed by atoms with Gasteiger partial charge in [-0.25, -0.2) is 13.1 Å². The normalized spacial score (nSPS) is 12.1. The zero-order chi connectivity index (χ0) is 15.5. The number of aromatic nitrogens is 1. The zero-order valence-electron chi connectivity index (χ0n) is 11.7. The number of thiazole rings is 1. The standard InChI is InChI=1S/C12H17N3O3S3/c1-8(2)13-6-10-11(3-4-19-10)21(17,18)14-5-9-7-20-12(16)15-9/h3-4,7-8,13-14H,5-6H2,1-2H3,(H,15,16). The highest BCUT2D eigenvalue weighted by Gasteiger charge is 2.19. The minimum atomic E-state index is -3.58. The van der Waals surface area contributed by atoms with Crippen molar-refractivity contribution in [1.29, 1.82) is 0 Å². The van der Waals surface area contributed by atoms with E-state index >= 15 is 0 Å². The van der Waals surface area contributed by atoms with Gasteiger partial charge in [0.15, 0.2) is 0 Å². The van der Waals surface area contributed by atoms with Crippen LogP contribution in [0.4, 0.5) is 0 Å². The van der Waals surface area contributed by atoms with Crippen LogP contribution in [0, 0.1) is 0 Å². The maximum Gasteiger partial charge on any atom is 0.304 e. The van der Waals surface area contributed by atoms with E-state index in [1.54, 1.807) is 16.8 Å². The lowest BCUT2D eigenvalue weighted by molar-refractivity contribution is 0.571. The van der Waals surface area contributed by atoms with Crippen molar-refractivity contribution in [3.63, 3.8) is 0 Å². The second kappa shape index (κ2) is 6.84. The van der Waals surface area contributed by atoms with E-state index in [0.29, 0.717) is 17.1 Å². The molecule has 0 aliphatic heterocycles. The molecule has 21 heavy (non-hydrogen) atoms. The summed E-state index contributed by atoms with van der Waals surface area (Å²) in [6.45, 7) is 4.61. The van der Waals surface area contributed by atoms with Gasteiger partial charge in [-0.15, -0.1) is 11.3 Å². The Morgan fingerprint density at radius 1 is 1.29 bits per heavy atom. The Bertz CT molecular complexity index is 743. The fourth-order valence-electron chi connectivity index (χ4n) is 1.65. The first-order valence-corrected chi connectivity index (χ1v) is 9.59. The predicted octanol–water partition coefficient (Wildman–Crippen LogP) is 1.47. The summed E-state index contributed by atoms with van der Waals surface area (Å²) in [5, 5.41) is 6.58. The Hall–Kier alpha value is -1.00. The topological polar surface area (TPSA) is 91.1 Å². The summed E-state index contributed by atoms with van der Waals surface area (Å²) in [5.41, 5.74) is 0.561. The molecule has 0 radical (unpaired) electrons. The van der Waals surface area contributed by atoms with Gasteiger partial charge in [-0.2, -0.15) is 0 Å². The van der Waals surface area contributed by atoms with Crippen molar-refractivity contribution in [2.24, 2.45) is 0 Å². The summed E-state index contributed by atoms with van der Waals surface area (Å²) in [7, 11) is -3.58. The molecule has 0 aliphatic rings. The molecule has 6 nitrogen and oxygen atoms in total. The van der Waals surface area contributed by atoms with E-state index in [1.807, 2.05) is 13.8 Å². The van der Waals surface area contributed by atoms with Crippen molar-refractivity contribution < 1.29 is 8.42 Å². The summed E-state index contributed by atoms with van der Waals surface area (Å²) >= 11 is 2.42. The molecule has 0 saturated heterocycles. The van der Waals surface area contributed by atoms with Crippen molar-refractivity contribution in [1.82, 2.24) is 15.0 Å². The number of rotatable bonds is 7. The lowest BCUT2D eigenvalue weighted by Gasteiger charge is -2.10. The van der Waals surface area contributed by atoms with Crippen LogP contribution in [0.15, 0.2) is 26.5 Å². The second-order valence-corrected chi connectivity index (χ2v) is 8.32. The lowest BCUT2D eigenvalue weighted by Crippen LogP contribution is -2.26. The Morgan fingerprint density at radius 3 is 2.67 bits per heavy atom. The molecule has 2 aromatic heterocycles. The van der Waals surface area contributed by atoms with Gasteiger partial charge in [-0.3, -0.25) is 4.79 Å². The number of thiophene rings is 1. The van der Waals surface area contributed by atoms with Gasteiger partial charge in [0.25, 0.3) is 0 Å². The van der Waals surface area contributed by atoms with Crippen molar-refractivity contribution in [3.05, 3.63) is 37.1 Å². The van der Waals surface area contributed by atoms with Crippen molar-refractivity contribution in [2.75, 3.05) is 0 Å². The van der Waals surface area contributed by atoms with Gasteiger partial charge in [-0.1, -0.05) is 25.2 Å². The minimum absolute atomic E-state index is 0.0774. The summed E-state index contributed by atoms with van der Waals surface area (Å²) in [5.74, 6) is 0. The van der Waals surface area contributed by atoms with Gasteiger partial charge in [0.05, 0.1) is 11.4 Å². The predicted molar refractivity (Wildman–Crippen MR) is 85.3 cm³/mol. The Balaban J connectivity index is 2.08. The molecule has 0 saturated carbocycles. The average molecular weight is 347 g/mol. The van der Waals surface area contributed by atoms with Crippen LogP contribution in [-0.4, -0.2) is 19.4 Å². The second-order valence-electron chi connectivity index (χ2n) is 4.74. The molecule has 2 heterocycles. The highest BCUT2D eigenvalue weighted by Crippen LogP contribution is 2.22. The van der Waals surface area contributed by atoms with Gasteiger partial charge in [0.1, 0.15) is 0 Å². The molecule has 0 atom stereocenters. The molecular formula is C12H17N3O3S3. The first-order valence-electron chi connectivity index (χ1n) is 6.34. The van der Waals surface area contributed by atoms with Gasteiger partial charge < -0.3 is 10.3 Å². The van der Waals surface area contributed by atoms with Gasteiger partial charge in [-0.05, 0) is 11.4 Å². The first-order chi connectivity index (χ1) is 9.88. The molecule has 0 spiro atoms. The number of sulfonamides is 1. The number of hydrogen-bond acceptors (Lipinski definition) is 6. The summed E-state index contributed by atoms with van der Waals surface area (Å²) in [6, 6.07) is 1.88. The van der Waals surface area contributed by atoms with E-state index in [1.165, 1.54) is 11.3 Å². The molecule has 2 aromatic rings. The third kappa shape index (κ3) is 4.48. The van der Waals surface area contributed by atoms with Crippen LogP contribution >= 0.6 is 22.7 Å². The van der Waals surface area contributed by atoms with Crippen molar-refractivity contribution in [3.8, 4) is 0 Å². The number of H-pyrrole nitrogens is 1. The number of aromatic amines is 1. The fraction of sp³-hybridized carbons (Fsp3) is 0.417. The maximum absolute atomic E-state index is 12.3. The van der Waals surface area contributed by atoms with E-state index < -0.39 is 10.0 Å². The van der Waals surface area contributed by atoms with Crippen LogP contribution in [0.5, 0.6) is 0 Å². The molecule has 3 N–H and O–H groups in total. The summed E-state index contributed by atoms with van der Waals surface area (Å²) in [4.78, 5) is 14.5. The van der Waals surface area contributed by atoms with Crippen LogP contribution in [0.3, 0.4) is 0 Å². The highest BCUT2D eigenvalue weighted by molar-refractivity contribution is 7.89. The van der Waals surface area contributed by atoms with Crippen LogP contribution in [0.1, 0.15) is 24.4 Å². The molecule has 0 aliphatic carbocycles. The maximum atomic E-state index is 12.3. The molecule has 0 aromatic carbocycles. The van der Waals surface area contributed by atoms with Crippen molar-refractivity contribution in [2.45, 2.75) is 37.9 Å². The van der Waals surface area contributed by atoms with Gasteiger partial charge in [0.2, 0.25) is 10.0 Å². The van der Waals surface area contributed by atoms with E-state index in [-0.39, 0.29) is 17.5 Å². The molecule has 0 fully saturated rings. The third-order valence-corrected chi connectivity index (χ3v) is 5.94. The van der Waals surface area contributed by atoms with E-state index in [4.69, 9.17) is 0 Å². The highest BCUT2D eigenvalue weighted by atomic mass is 32.2. The zero-order valence-corrected chi connectivity index (χ0v) is 14.1. The molecular weight excluding hydrogens is 330 g/mol. The summed E-state index contributed by atoms with van der Waals surface area (Å²) in [6.07, 6.45) is 0. The largest absolute Gasteiger partial charge is 0.315 e. The minimum Gasteiger partial charge on any atom is -0.315 e. The fourth-order valence-corrected chi connectivity index (χ4v) is 4.63. The Labute approximate surface area is 131 Å². The quantitative estimate of drug-likeness (QED) is 0.707. The first kappa shape index (κ1) is 16.4. The van der Waals surface area contributed by atoms with E-state index in [2.05, 4.69) is 15.0 Å². The Morgan fingerprint density at radius 2 is 2.05 bits per heavy atom. The van der Waals surface area contributed by atoms with Gasteiger partial charge >= 0.3 is 4.87 Å². The number of nitrogens with one attached hydrogen (secondary N) is 3. The average Bonchev–Trinajstić information content (AvgIpc) is 3.03. The van der Waals surface area contributed by atoms with Crippen LogP contribution < -0.4 is 14.9 Å². The van der Waals surface area contributed by atoms with Crippen molar-refractivity contribution >= 4 is 32.7 Å². The van der Waals surface area contributed by atoms with Crippen LogP contribution in [-0.2, 0) is 23.1 Å². The summed E-state index contributed by atoms with van der Waals surface area (Å²) < 4.78 is 27.1. The molecule has 0 unspecified atom stereocenters. The van der Waals surface area contributed by atoms with Crippen LogP contribution in [0.2, 0.25) is 0 Å². The SMILES string of the molecule is CC(C)NCc1sccc1S(=O)(=O)NCc1csc(=O)[nH]1. The smallest absolute Gasteiger partial charge is 0.304 e. The molecule has 0 bridgehead atoms. The Kier molecular flexibility index (Phi) is 5.33.